The first-order chi connectivity index (χ1) is 13.1. The number of aromatic nitrogens is 2. The van der Waals surface area contributed by atoms with Crippen LogP contribution < -0.4 is 14.8 Å². The summed E-state index contributed by atoms with van der Waals surface area (Å²) in [6, 6.07) is 9.01. The van der Waals surface area contributed by atoms with Gasteiger partial charge < -0.3 is 9.47 Å². The largest absolute Gasteiger partial charge is 0.497 e. The quantitative estimate of drug-likeness (QED) is 0.653. The molecule has 1 aromatic carbocycles. The molecule has 0 saturated heterocycles. The fraction of sp³-hybridized carbons (Fsp3) is 0.250. The van der Waals surface area contributed by atoms with Crippen molar-refractivity contribution < 1.29 is 14.3 Å². The highest BCUT2D eigenvalue weighted by atomic mass is 32.1. The van der Waals surface area contributed by atoms with Crippen LogP contribution in [0.5, 0.6) is 11.5 Å². The Morgan fingerprint density at radius 3 is 2.37 bits per heavy atom. The minimum atomic E-state index is -0.205. The van der Waals surface area contributed by atoms with E-state index in [1.165, 1.54) is 11.3 Å². The van der Waals surface area contributed by atoms with Gasteiger partial charge in [0.05, 0.1) is 19.9 Å². The van der Waals surface area contributed by atoms with Crippen molar-refractivity contribution in [3.8, 4) is 22.8 Å². The van der Waals surface area contributed by atoms with Crippen molar-refractivity contribution in [2.45, 2.75) is 19.8 Å². The molecular weight excluding hydrogens is 362 g/mol. The Hall–Kier alpha value is -2.93. The van der Waals surface area contributed by atoms with Gasteiger partial charge in [0.2, 0.25) is 0 Å². The summed E-state index contributed by atoms with van der Waals surface area (Å²) < 4.78 is 10.7. The lowest BCUT2D eigenvalue weighted by Crippen LogP contribution is -2.11. The monoisotopic (exact) mass is 383 g/mol. The van der Waals surface area contributed by atoms with E-state index in [9.17, 15) is 4.79 Å². The molecule has 3 aromatic rings. The van der Waals surface area contributed by atoms with Gasteiger partial charge in [0.25, 0.3) is 5.91 Å². The van der Waals surface area contributed by atoms with Crippen molar-refractivity contribution in [3.05, 3.63) is 53.2 Å². The van der Waals surface area contributed by atoms with E-state index in [4.69, 9.17) is 9.47 Å². The predicted molar refractivity (Wildman–Crippen MR) is 107 cm³/mol. The number of pyridine rings is 1. The van der Waals surface area contributed by atoms with Crippen LogP contribution in [-0.2, 0) is 6.42 Å². The average Bonchev–Trinajstić information content (AvgIpc) is 3.10. The zero-order chi connectivity index (χ0) is 19.2. The normalized spacial score (nSPS) is 10.5. The molecule has 0 unspecified atom stereocenters. The number of aryl methyl sites for hydroxylation is 1. The van der Waals surface area contributed by atoms with Crippen LogP contribution in [0.15, 0.2) is 42.7 Å². The number of nitrogens with one attached hydrogen (secondary N) is 1. The molecule has 1 N–H and O–H groups in total. The van der Waals surface area contributed by atoms with Crippen molar-refractivity contribution in [3.63, 3.8) is 0 Å². The highest BCUT2D eigenvalue weighted by molar-refractivity contribution is 7.16. The van der Waals surface area contributed by atoms with Crippen LogP contribution in [0, 0.1) is 0 Å². The number of ether oxygens (including phenoxy) is 2. The minimum Gasteiger partial charge on any atom is -0.497 e. The smallest absolute Gasteiger partial charge is 0.257 e. The van der Waals surface area contributed by atoms with E-state index >= 15 is 0 Å². The second kappa shape index (κ2) is 8.64. The number of carbonyl (C=O) groups excluding carboxylic acids is 1. The number of rotatable bonds is 7. The lowest BCUT2D eigenvalue weighted by Gasteiger charge is -2.08. The fourth-order valence-corrected chi connectivity index (χ4v) is 3.72. The lowest BCUT2D eigenvalue weighted by molar-refractivity contribution is 0.102. The summed E-state index contributed by atoms with van der Waals surface area (Å²) in [5, 5.41) is 3.45. The first-order valence-electron chi connectivity index (χ1n) is 8.59. The zero-order valence-electron chi connectivity index (χ0n) is 15.5. The molecule has 0 aliphatic rings. The first kappa shape index (κ1) is 18.8. The summed E-state index contributed by atoms with van der Waals surface area (Å²) in [4.78, 5) is 22.1. The van der Waals surface area contributed by atoms with Crippen molar-refractivity contribution in [2.24, 2.45) is 0 Å². The van der Waals surface area contributed by atoms with Gasteiger partial charge in [0, 0.05) is 34.5 Å². The summed E-state index contributed by atoms with van der Waals surface area (Å²) in [5.41, 5.74) is 2.28. The Labute approximate surface area is 162 Å². The Morgan fingerprint density at radius 2 is 1.78 bits per heavy atom. The third-order valence-corrected chi connectivity index (χ3v) is 4.99. The lowest BCUT2D eigenvalue weighted by atomic mass is 10.1. The van der Waals surface area contributed by atoms with E-state index in [0.717, 1.165) is 29.0 Å². The van der Waals surface area contributed by atoms with Gasteiger partial charge in [-0.3, -0.25) is 15.1 Å². The maximum absolute atomic E-state index is 12.4. The number of methoxy groups -OCH3 is 2. The maximum atomic E-state index is 12.4. The molecule has 0 radical (unpaired) electrons. The first-order valence-corrected chi connectivity index (χ1v) is 9.40. The molecular formula is C20H21N3O3S. The Balaban J connectivity index is 1.95. The molecule has 140 valence electrons. The van der Waals surface area contributed by atoms with Crippen LogP contribution in [0.1, 0.15) is 28.6 Å². The number of anilines is 1. The van der Waals surface area contributed by atoms with Crippen LogP contribution in [0.3, 0.4) is 0 Å². The molecule has 2 heterocycles. The van der Waals surface area contributed by atoms with Crippen LogP contribution >= 0.6 is 11.3 Å². The number of hydrogen-bond donors (Lipinski definition) is 1. The van der Waals surface area contributed by atoms with E-state index < -0.39 is 0 Å². The Bertz CT molecular complexity index is 903. The number of benzene rings is 1. The standard InChI is InChI=1S/C20H21N3O3S/c1-4-5-17-18(14-10-15(25-2)12-16(11-14)26-3)22-20(27-17)23-19(24)13-6-8-21-9-7-13/h6-12H,4-5H2,1-3H3,(H,22,23,24). The van der Waals surface area contributed by atoms with E-state index in [2.05, 4.69) is 22.2 Å². The summed E-state index contributed by atoms with van der Waals surface area (Å²) in [6.07, 6.45) is 5.03. The van der Waals surface area contributed by atoms with Gasteiger partial charge >= 0.3 is 0 Å². The van der Waals surface area contributed by atoms with E-state index in [1.54, 1.807) is 38.7 Å². The molecule has 7 heteroatoms. The topological polar surface area (TPSA) is 73.3 Å². The van der Waals surface area contributed by atoms with Gasteiger partial charge in [-0.15, -0.1) is 11.3 Å². The van der Waals surface area contributed by atoms with Crippen LogP contribution in [0.4, 0.5) is 5.13 Å². The number of thiazole rings is 1. The Kier molecular flexibility index (Phi) is 6.03. The third-order valence-electron chi connectivity index (χ3n) is 3.96. The number of hydrogen-bond acceptors (Lipinski definition) is 6. The second-order valence-corrected chi connectivity index (χ2v) is 6.92. The highest BCUT2D eigenvalue weighted by Gasteiger charge is 2.16. The summed E-state index contributed by atoms with van der Waals surface area (Å²) in [5.74, 6) is 1.19. The summed E-state index contributed by atoms with van der Waals surface area (Å²) in [7, 11) is 3.24. The van der Waals surface area contributed by atoms with E-state index in [-0.39, 0.29) is 5.91 Å². The Morgan fingerprint density at radius 1 is 1.11 bits per heavy atom. The molecule has 3 rings (SSSR count). The number of carbonyl (C=O) groups is 1. The fourth-order valence-electron chi connectivity index (χ4n) is 2.64. The van der Waals surface area contributed by atoms with Crippen molar-refractivity contribution in [1.29, 1.82) is 0 Å². The van der Waals surface area contributed by atoms with E-state index in [0.29, 0.717) is 22.2 Å². The second-order valence-electron chi connectivity index (χ2n) is 5.83. The van der Waals surface area contributed by atoms with Crippen molar-refractivity contribution >= 4 is 22.4 Å². The van der Waals surface area contributed by atoms with Crippen LogP contribution in [-0.4, -0.2) is 30.1 Å². The molecule has 0 aliphatic carbocycles. The minimum absolute atomic E-state index is 0.205. The highest BCUT2D eigenvalue weighted by Crippen LogP contribution is 2.36. The van der Waals surface area contributed by atoms with Gasteiger partial charge in [-0.2, -0.15) is 0 Å². The van der Waals surface area contributed by atoms with Gasteiger partial charge in [0.15, 0.2) is 5.13 Å². The van der Waals surface area contributed by atoms with Crippen LogP contribution in [0.2, 0.25) is 0 Å². The molecule has 2 aromatic heterocycles. The predicted octanol–water partition coefficient (Wildman–Crippen LogP) is 4.43. The maximum Gasteiger partial charge on any atom is 0.257 e. The van der Waals surface area contributed by atoms with Gasteiger partial charge in [-0.1, -0.05) is 13.3 Å². The average molecular weight is 383 g/mol. The molecule has 27 heavy (non-hydrogen) atoms. The molecule has 0 aliphatic heterocycles. The summed E-state index contributed by atoms with van der Waals surface area (Å²) in [6.45, 7) is 2.12. The van der Waals surface area contributed by atoms with Crippen molar-refractivity contribution in [1.82, 2.24) is 9.97 Å². The molecule has 6 nitrogen and oxygen atoms in total. The van der Waals surface area contributed by atoms with Crippen molar-refractivity contribution in [2.75, 3.05) is 19.5 Å². The number of amides is 1. The number of nitrogens with zero attached hydrogens (tertiary/aromatic N) is 2. The summed E-state index contributed by atoms with van der Waals surface area (Å²) >= 11 is 1.49. The molecule has 0 atom stereocenters. The van der Waals surface area contributed by atoms with Gasteiger partial charge in [0.1, 0.15) is 11.5 Å². The molecule has 0 bridgehead atoms. The third kappa shape index (κ3) is 4.43. The molecule has 0 spiro atoms. The van der Waals surface area contributed by atoms with Gasteiger partial charge in [-0.25, -0.2) is 4.98 Å². The van der Waals surface area contributed by atoms with Crippen LogP contribution in [0.25, 0.3) is 11.3 Å². The zero-order valence-corrected chi connectivity index (χ0v) is 16.3. The van der Waals surface area contributed by atoms with E-state index in [1.807, 2.05) is 18.2 Å². The molecule has 0 saturated carbocycles. The SMILES string of the molecule is CCCc1sc(NC(=O)c2ccncc2)nc1-c1cc(OC)cc(OC)c1. The molecule has 1 amide bonds. The molecule has 0 fully saturated rings. The van der Waals surface area contributed by atoms with Gasteiger partial charge in [-0.05, 0) is 30.7 Å².